The van der Waals surface area contributed by atoms with Gasteiger partial charge in [0.1, 0.15) is 0 Å². The topological polar surface area (TPSA) is 57.0 Å². The van der Waals surface area contributed by atoms with Crippen LogP contribution in [0.3, 0.4) is 0 Å². The van der Waals surface area contributed by atoms with Gasteiger partial charge in [-0.1, -0.05) is 35.0 Å². The van der Waals surface area contributed by atoms with Crippen molar-refractivity contribution in [3.8, 4) is 0 Å². The molecule has 5 nitrogen and oxygen atoms in total. The van der Waals surface area contributed by atoms with Gasteiger partial charge >= 0.3 is 0 Å². The fourth-order valence-electron chi connectivity index (χ4n) is 2.36. The lowest BCUT2D eigenvalue weighted by molar-refractivity contribution is 0.0657. The van der Waals surface area contributed by atoms with Crippen molar-refractivity contribution in [3.05, 3.63) is 47.3 Å². The molecule has 1 aliphatic heterocycles. The van der Waals surface area contributed by atoms with E-state index >= 15 is 0 Å². The maximum absolute atomic E-state index is 12.3. The molecular weight excluding hydrogens is 254 g/mol. The summed E-state index contributed by atoms with van der Waals surface area (Å²) in [7, 11) is 0. The first-order valence-corrected chi connectivity index (χ1v) is 6.85. The predicted octanol–water partition coefficient (Wildman–Crippen LogP) is 2.17. The Balaban J connectivity index is 1.78. The number of aryl methyl sites for hydroxylation is 1. The third-order valence-corrected chi connectivity index (χ3v) is 3.62. The van der Waals surface area contributed by atoms with E-state index in [0.717, 1.165) is 31.6 Å². The first-order chi connectivity index (χ1) is 9.74. The van der Waals surface area contributed by atoms with Crippen LogP contribution in [-0.4, -0.2) is 34.0 Å². The summed E-state index contributed by atoms with van der Waals surface area (Å²) < 4.78 is 7.12. The van der Waals surface area contributed by atoms with Crippen molar-refractivity contribution >= 4 is 5.78 Å². The molecule has 3 rings (SSSR count). The lowest BCUT2D eigenvalue weighted by atomic mass is 10.1. The van der Waals surface area contributed by atoms with Crippen LogP contribution in [0.2, 0.25) is 0 Å². The predicted molar refractivity (Wildman–Crippen MR) is 73.7 cm³/mol. The first-order valence-electron chi connectivity index (χ1n) is 6.85. The molecule has 0 saturated carbocycles. The van der Waals surface area contributed by atoms with Gasteiger partial charge in [0.05, 0.1) is 12.2 Å². The molecule has 1 aliphatic rings. The molecule has 0 N–H and O–H groups in total. The Bertz CT molecular complexity index is 598. The number of nitrogens with zero attached hydrogens (tertiary/aromatic N) is 3. The number of ether oxygens (including phenoxy) is 1. The van der Waals surface area contributed by atoms with Crippen LogP contribution in [0.5, 0.6) is 0 Å². The number of aromatic nitrogens is 3. The summed E-state index contributed by atoms with van der Waals surface area (Å²) in [5, 5.41) is 8.11. The normalized spacial score (nSPS) is 16.2. The van der Waals surface area contributed by atoms with E-state index in [4.69, 9.17) is 4.74 Å². The number of hydrogen-bond acceptors (Lipinski definition) is 4. The van der Waals surface area contributed by atoms with E-state index in [0.29, 0.717) is 11.3 Å². The van der Waals surface area contributed by atoms with Crippen molar-refractivity contribution in [2.24, 2.45) is 0 Å². The minimum Gasteiger partial charge on any atom is -0.381 e. The average molecular weight is 271 g/mol. The zero-order valence-electron chi connectivity index (χ0n) is 11.5. The van der Waals surface area contributed by atoms with Crippen molar-refractivity contribution in [1.29, 1.82) is 0 Å². The first kappa shape index (κ1) is 13.0. The van der Waals surface area contributed by atoms with Crippen molar-refractivity contribution in [2.75, 3.05) is 13.2 Å². The highest BCUT2D eigenvalue weighted by molar-refractivity contribution is 6.07. The van der Waals surface area contributed by atoms with Crippen molar-refractivity contribution in [2.45, 2.75) is 25.8 Å². The third-order valence-electron chi connectivity index (χ3n) is 3.62. The molecule has 104 valence electrons. The van der Waals surface area contributed by atoms with Crippen LogP contribution < -0.4 is 0 Å². The zero-order chi connectivity index (χ0) is 13.9. The smallest absolute Gasteiger partial charge is 0.214 e. The average Bonchev–Trinajstić information content (AvgIpc) is 2.98. The standard InChI is InChI=1S/C15H17N3O2/c1-11-2-4-12(5-3-11)15(19)14-10-18(17-16-14)13-6-8-20-9-7-13/h2-5,10,13H,6-9H2,1H3. The summed E-state index contributed by atoms with van der Waals surface area (Å²) in [5.41, 5.74) is 2.18. The lowest BCUT2D eigenvalue weighted by Crippen LogP contribution is -2.20. The molecule has 0 spiro atoms. The quantitative estimate of drug-likeness (QED) is 0.803. The van der Waals surface area contributed by atoms with Crippen LogP contribution in [0.15, 0.2) is 30.5 Å². The number of ketones is 1. The minimum atomic E-state index is -0.0803. The SMILES string of the molecule is Cc1ccc(C(=O)c2cn(C3CCOCC3)nn2)cc1. The maximum Gasteiger partial charge on any atom is 0.214 e. The monoisotopic (exact) mass is 271 g/mol. The van der Waals surface area contributed by atoms with E-state index in [9.17, 15) is 4.79 Å². The molecule has 5 heteroatoms. The summed E-state index contributed by atoms with van der Waals surface area (Å²) in [6, 6.07) is 7.79. The summed E-state index contributed by atoms with van der Waals surface area (Å²) >= 11 is 0. The second-order valence-electron chi connectivity index (χ2n) is 5.12. The van der Waals surface area contributed by atoms with E-state index in [2.05, 4.69) is 10.3 Å². The Kier molecular flexibility index (Phi) is 3.60. The molecule has 0 aliphatic carbocycles. The third kappa shape index (κ3) is 2.63. The number of benzene rings is 1. The van der Waals surface area contributed by atoms with Crippen LogP contribution in [0.4, 0.5) is 0 Å². The number of carbonyl (C=O) groups is 1. The highest BCUT2D eigenvalue weighted by atomic mass is 16.5. The molecule has 1 saturated heterocycles. The van der Waals surface area contributed by atoms with Gasteiger partial charge < -0.3 is 4.74 Å². The fourth-order valence-corrected chi connectivity index (χ4v) is 2.36. The van der Waals surface area contributed by atoms with Gasteiger partial charge in [-0.2, -0.15) is 0 Å². The van der Waals surface area contributed by atoms with Gasteiger partial charge in [0, 0.05) is 18.8 Å². The minimum absolute atomic E-state index is 0.0803. The van der Waals surface area contributed by atoms with Gasteiger partial charge in [0.2, 0.25) is 5.78 Å². The van der Waals surface area contributed by atoms with E-state index in [1.165, 1.54) is 0 Å². The Labute approximate surface area is 117 Å². The van der Waals surface area contributed by atoms with Gasteiger partial charge in [-0.05, 0) is 19.8 Å². The second kappa shape index (κ2) is 5.54. The van der Waals surface area contributed by atoms with Crippen LogP contribution >= 0.6 is 0 Å². The second-order valence-corrected chi connectivity index (χ2v) is 5.12. The van der Waals surface area contributed by atoms with Gasteiger partial charge in [-0.25, -0.2) is 4.68 Å². The number of hydrogen-bond donors (Lipinski definition) is 0. The molecule has 1 fully saturated rings. The Morgan fingerprint density at radius 2 is 1.95 bits per heavy atom. The maximum atomic E-state index is 12.3. The van der Waals surface area contributed by atoms with Crippen LogP contribution in [-0.2, 0) is 4.74 Å². The van der Waals surface area contributed by atoms with Crippen molar-refractivity contribution in [3.63, 3.8) is 0 Å². The van der Waals surface area contributed by atoms with E-state index in [1.54, 1.807) is 10.9 Å². The van der Waals surface area contributed by atoms with Gasteiger partial charge in [-0.15, -0.1) is 5.10 Å². The molecule has 0 unspecified atom stereocenters. The molecule has 1 aromatic heterocycles. The van der Waals surface area contributed by atoms with Crippen LogP contribution in [0.1, 0.15) is 40.5 Å². The summed E-state index contributed by atoms with van der Waals surface area (Å²) in [4.78, 5) is 12.3. The van der Waals surface area contributed by atoms with Gasteiger partial charge in [-0.3, -0.25) is 4.79 Å². The molecule has 2 aromatic rings. The fraction of sp³-hybridized carbons (Fsp3) is 0.400. The molecule has 20 heavy (non-hydrogen) atoms. The van der Waals surface area contributed by atoms with Crippen LogP contribution in [0.25, 0.3) is 0 Å². The Morgan fingerprint density at radius 1 is 1.25 bits per heavy atom. The molecular formula is C15H17N3O2. The molecule has 0 amide bonds. The number of carbonyl (C=O) groups excluding carboxylic acids is 1. The Morgan fingerprint density at radius 3 is 2.65 bits per heavy atom. The summed E-state index contributed by atoms with van der Waals surface area (Å²) in [6.07, 6.45) is 3.58. The van der Waals surface area contributed by atoms with E-state index in [1.807, 2.05) is 31.2 Å². The zero-order valence-corrected chi connectivity index (χ0v) is 11.5. The van der Waals surface area contributed by atoms with Gasteiger partial charge in [0.15, 0.2) is 5.69 Å². The Hall–Kier alpha value is -2.01. The number of rotatable bonds is 3. The lowest BCUT2D eigenvalue weighted by Gasteiger charge is -2.21. The summed E-state index contributed by atoms with van der Waals surface area (Å²) in [5.74, 6) is -0.0803. The van der Waals surface area contributed by atoms with E-state index < -0.39 is 0 Å². The largest absolute Gasteiger partial charge is 0.381 e. The molecule has 0 atom stereocenters. The van der Waals surface area contributed by atoms with E-state index in [-0.39, 0.29) is 11.8 Å². The van der Waals surface area contributed by atoms with Crippen LogP contribution in [0, 0.1) is 6.92 Å². The molecule has 0 bridgehead atoms. The van der Waals surface area contributed by atoms with Crippen molar-refractivity contribution < 1.29 is 9.53 Å². The molecule has 2 heterocycles. The summed E-state index contributed by atoms with van der Waals surface area (Å²) in [6.45, 7) is 3.48. The highest BCUT2D eigenvalue weighted by Gasteiger charge is 2.19. The van der Waals surface area contributed by atoms with Gasteiger partial charge in [0.25, 0.3) is 0 Å². The van der Waals surface area contributed by atoms with Crippen molar-refractivity contribution in [1.82, 2.24) is 15.0 Å². The molecule has 0 radical (unpaired) electrons. The molecule has 1 aromatic carbocycles. The highest BCUT2D eigenvalue weighted by Crippen LogP contribution is 2.20.